The lowest BCUT2D eigenvalue weighted by Gasteiger charge is -2.51. The summed E-state index contributed by atoms with van der Waals surface area (Å²) in [6.45, 7) is 9.23. The number of hydrogen-bond acceptors (Lipinski definition) is 6. The number of nitrogens with zero attached hydrogens (tertiary/aromatic N) is 5. The first-order valence-electron chi connectivity index (χ1n) is 11.3. The molecule has 0 amide bonds. The van der Waals surface area contributed by atoms with Crippen molar-refractivity contribution in [1.82, 2.24) is 14.7 Å². The molecule has 0 aliphatic carbocycles. The fraction of sp³-hybridized carbons (Fsp3) is 0.385. The van der Waals surface area contributed by atoms with Crippen molar-refractivity contribution < 1.29 is 9.66 Å². The summed E-state index contributed by atoms with van der Waals surface area (Å²) in [7, 11) is 0. The van der Waals surface area contributed by atoms with Crippen LogP contribution >= 0.6 is 0 Å². The van der Waals surface area contributed by atoms with Crippen LogP contribution in [0.2, 0.25) is 0 Å². The van der Waals surface area contributed by atoms with Crippen LogP contribution in [0.4, 0.5) is 5.69 Å². The minimum atomic E-state index is -0.429. The maximum Gasteiger partial charge on any atom is 0.311 e. The molecule has 0 unspecified atom stereocenters. The lowest BCUT2D eigenvalue weighted by atomic mass is 9.84. The largest absolute Gasteiger partial charge is 0.482 e. The average molecular weight is 460 g/mol. The van der Waals surface area contributed by atoms with E-state index in [-0.39, 0.29) is 23.5 Å². The molecule has 8 nitrogen and oxygen atoms in total. The van der Waals surface area contributed by atoms with Gasteiger partial charge in [-0.05, 0) is 11.0 Å². The van der Waals surface area contributed by atoms with Gasteiger partial charge in [0.25, 0.3) is 0 Å². The van der Waals surface area contributed by atoms with Crippen molar-refractivity contribution in [2.75, 3.05) is 19.6 Å². The van der Waals surface area contributed by atoms with Crippen LogP contribution in [0.15, 0.2) is 60.9 Å². The van der Waals surface area contributed by atoms with Crippen molar-refractivity contribution in [1.29, 1.82) is 5.26 Å². The number of aromatic nitrogens is 2. The fourth-order valence-electron chi connectivity index (χ4n) is 4.55. The Morgan fingerprint density at radius 3 is 2.56 bits per heavy atom. The zero-order valence-electron chi connectivity index (χ0n) is 19.8. The van der Waals surface area contributed by atoms with Gasteiger partial charge in [-0.1, -0.05) is 63.2 Å². The molecular formula is C26H29N5O3. The smallest absolute Gasteiger partial charge is 0.311 e. The van der Waals surface area contributed by atoms with E-state index in [1.54, 1.807) is 18.3 Å². The fourth-order valence-corrected chi connectivity index (χ4v) is 4.55. The number of nitriles is 1. The van der Waals surface area contributed by atoms with Gasteiger partial charge in [-0.3, -0.25) is 19.7 Å². The summed E-state index contributed by atoms with van der Waals surface area (Å²) < 4.78 is 7.84. The van der Waals surface area contributed by atoms with Crippen molar-refractivity contribution in [3.05, 3.63) is 76.6 Å². The number of nitro benzene ring substituents is 1. The molecule has 0 bridgehead atoms. The molecule has 0 atom stereocenters. The number of ether oxygens (including phenoxy) is 1. The summed E-state index contributed by atoms with van der Waals surface area (Å²) >= 11 is 0. The van der Waals surface area contributed by atoms with Gasteiger partial charge in [0.15, 0.2) is 0 Å². The maximum absolute atomic E-state index is 11.7. The highest BCUT2D eigenvalue weighted by molar-refractivity contribution is 5.74. The van der Waals surface area contributed by atoms with Gasteiger partial charge in [-0.25, -0.2) is 0 Å². The Morgan fingerprint density at radius 1 is 1.18 bits per heavy atom. The van der Waals surface area contributed by atoms with Crippen molar-refractivity contribution in [3.63, 3.8) is 0 Å². The van der Waals surface area contributed by atoms with Crippen LogP contribution in [0.3, 0.4) is 0 Å². The summed E-state index contributed by atoms with van der Waals surface area (Å²) in [5, 5.41) is 25.8. The van der Waals surface area contributed by atoms with Crippen LogP contribution in [0.25, 0.3) is 11.1 Å². The van der Waals surface area contributed by atoms with E-state index in [0.29, 0.717) is 12.0 Å². The first-order chi connectivity index (χ1) is 16.2. The Kier molecular flexibility index (Phi) is 6.40. The topological polar surface area (TPSA) is 97.2 Å². The third-order valence-corrected chi connectivity index (χ3v) is 5.94. The Morgan fingerprint density at radius 2 is 1.91 bits per heavy atom. The maximum atomic E-state index is 11.7. The Balaban J connectivity index is 1.63. The van der Waals surface area contributed by atoms with Gasteiger partial charge in [0, 0.05) is 43.0 Å². The van der Waals surface area contributed by atoms with Crippen molar-refractivity contribution >= 4 is 5.69 Å². The molecule has 1 fully saturated rings. The highest BCUT2D eigenvalue weighted by Crippen LogP contribution is 2.40. The van der Waals surface area contributed by atoms with Crippen molar-refractivity contribution in [3.8, 4) is 22.9 Å². The van der Waals surface area contributed by atoms with E-state index >= 15 is 0 Å². The van der Waals surface area contributed by atoms with Gasteiger partial charge in [-0.2, -0.15) is 10.4 Å². The second-order valence-electron chi connectivity index (χ2n) is 10.1. The summed E-state index contributed by atoms with van der Waals surface area (Å²) in [6, 6.07) is 16.8. The molecule has 0 radical (unpaired) electrons. The number of para-hydroxylation sites is 1. The molecule has 4 rings (SSSR count). The zero-order chi connectivity index (χ0) is 24.3. The van der Waals surface area contributed by atoms with Crippen LogP contribution in [0, 0.1) is 26.9 Å². The van der Waals surface area contributed by atoms with Gasteiger partial charge in [0.1, 0.15) is 12.1 Å². The Labute approximate surface area is 199 Å². The minimum absolute atomic E-state index is 0.0899. The van der Waals surface area contributed by atoms with E-state index in [9.17, 15) is 15.4 Å². The molecular weight excluding hydrogens is 430 g/mol. The first-order valence-corrected chi connectivity index (χ1v) is 11.3. The highest BCUT2D eigenvalue weighted by atomic mass is 16.6. The van der Waals surface area contributed by atoms with E-state index in [1.165, 1.54) is 6.07 Å². The predicted octanol–water partition coefficient (Wildman–Crippen LogP) is 5.01. The van der Waals surface area contributed by atoms with Gasteiger partial charge < -0.3 is 4.74 Å². The summed E-state index contributed by atoms with van der Waals surface area (Å²) in [5.74, 6) is 0.216. The molecule has 8 heteroatoms. The predicted molar refractivity (Wildman–Crippen MR) is 129 cm³/mol. The lowest BCUT2D eigenvalue weighted by Crippen LogP contribution is -2.63. The average Bonchev–Trinajstić information content (AvgIpc) is 3.26. The van der Waals surface area contributed by atoms with Crippen molar-refractivity contribution in [2.45, 2.75) is 39.3 Å². The first kappa shape index (κ1) is 23.5. The molecule has 0 saturated carbocycles. The van der Waals surface area contributed by atoms with E-state index in [1.807, 2.05) is 41.2 Å². The third kappa shape index (κ3) is 4.95. The molecule has 1 aromatic heterocycles. The molecule has 0 N–H and O–H groups in total. The van der Waals surface area contributed by atoms with E-state index in [4.69, 9.17) is 4.74 Å². The molecule has 1 aliphatic heterocycles. The van der Waals surface area contributed by atoms with Crippen LogP contribution in [0.1, 0.15) is 32.8 Å². The second-order valence-corrected chi connectivity index (χ2v) is 10.1. The number of nitro groups is 1. The standard InChI is InChI=1S/C26H29N5O3/c1-25(2,3)17-29-18-26(19-29,12-13-27)30-15-21(14-28-30)22-10-7-11-23(31(32)33)24(22)34-16-20-8-5-4-6-9-20/h4-11,14-15H,12,16-19H2,1-3H3. The molecule has 34 heavy (non-hydrogen) atoms. The Hall–Kier alpha value is -3.70. The van der Waals surface area contributed by atoms with Crippen LogP contribution < -0.4 is 4.74 Å². The van der Waals surface area contributed by atoms with Crippen LogP contribution in [-0.4, -0.2) is 39.2 Å². The summed E-state index contributed by atoms with van der Waals surface area (Å²) in [6.07, 6.45) is 3.92. The molecule has 2 aromatic carbocycles. The van der Waals surface area contributed by atoms with Crippen LogP contribution in [0.5, 0.6) is 5.75 Å². The zero-order valence-corrected chi connectivity index (χ0v) is 19.8. The molecule has 1 saturated heterocycles. The molecule has 3 aromatic rings. The summed E-state index contributed by atoms with van der Waals surface area (Å²) in [5.41, 5.74) is 1.93. The van der Waals surface area contributed by atoms with Gasteiger partial charge >= 0.3 is 5.69 Å². The van der Waals surface area contributed by atoms with Crippen LogP contribution in [-0.2, 0) is 12.1 Å². The van der Waals surface area contributed by atoms with Gasteiger partial charge in [0.2, 0.25) is 5.75 Å². The van der Waals surface area contributed by atoms with E-state index in [2.05, 4.69) is 36.8 Å². The normalized spacial score (nSPS) is 15.4. The van der Waals surface area contributed by atoms with Crippen molar-refractivity contribution in [2.24, 2.45) is 5.41 Å². The number of benzene rings is 2. The quantitative estimate of drug-likeness (QED) is 0.347. The second kappa shape index (κ2) is 9.27. The van der Waals surface area contributed by atoms with Gasteiger partial charge in [-0.15, -0.1) is 0 Å². The highest BCUT2D eigenvalue weighted by Gasteiger charge is 2.46. The van der Waals surface area contributed by atoms with Gasteiger partial charge in [0.05, 0.1) is 23.6 Å². The summed E-state index contributed by atoms with van der Waals surface area (Å²) in [4.78, 5) is 13.6. The SMILES string of the molecule is CC(C)(C)CN1CC(CC#N)(n2cc(-c3cccc([N+](=O)[O-])c3OCc3ccccc3)cn2)C1. The number of hydrogen-bond donors (Lipinski definition) is 0. The minimum Gasteiger partial charge on any atom is -0.482 e. The van der Waals surface area contributed by atoms with E-state index in [0.717, 1.165) is 30.8 Å². The lowest BCUT2D eigenvalue weighted by molar-refractivity contribution is -0.385. The monoisotopic (exact) mass is 459 g/mol. The molecule has 1 aliphatic rings. The molecule has 2 heterocycles. The number of rotatable bonds is 8. The Bertz CT molecular complexity index is 1200. The number of likely N-dealkylation sites (tertiary alicyclic amines) is 1. The molecule has 0 spiro atoms. The van der Waals surface area contributed by atoms with E-state index < -0.39 is 10.5 Å². The molecule has 176 valence electrons. The third-order valence-electron chi connectivity index (χ3n) is 5.94.